The van der Waals surface area contributed by atoms with E-state index in [0.29, 0.717) is 41.7 Å². The van der Waals surface area contributed by atoms with Crippen LogP contribution in [0.25, 0.3) is 22.4 Å². The highest BCUT2D eigenvalue weighted by Crippen LogP contribution is 2.29. The monoisotopic (exact) mass is 478 g/mol. The average Bonchev–Trinajstić information content (AvgIpc) is 3.20. The molecule has 1 atom stereocenters. The first-order valence-electron chi connectivity index (χ1n) is 11.2. The number of carbonyl (C=O) groups is 1. The van der Waals surface area contributed by atoms with Gasteiger partial charge in [0, 0.05) is 48.5 Å². The highest BCUT2D eigenvalue weighted by molar-refractivity contribution is 6.31. The quantitative estimate of drug-likeness (QED) is 0.436. The van der Waals surface area contributed by atoms with Crippen molar-refractivity contribution in [2.45, 2.75) is 26.4 Å². The maximum absolute atomic E-state index is 14.5. The Morgan fingerprint density at radius 2 is 1.97 bits per heavy atom. The summed E-state index contributed by atoms with van der Waals surface area (Å²) in [4.78, 5) is 26.0. The Bertz CT molecular complexity index is 1360. The molecule has 7 nitrogen and oxygen atoms in total. The molecule has 0 bridgehead atoms. The highest BCUT2D eigenvalue weighted by Gasteiger charge is 2.29. The third-order valence-electron chi connectivity index (χ3n) is 6.22. The van der Waals surface area contributed by atoms with Crippen LogP contribution in [-0.4, -0.2) is 56.2 Å². The van der Waals surface area contributed by atoms with E-state index in [1.807, 2.05) is 54.0 Å². The molecule has 1 amide bonds. The van der Waals surface area contributed by atoms with Gasteiger partial charge in [0.2, 0.25) is 5.91 Å². The summed E-state index contributed by atoms with van der Waals surface area (Å²) in [6, 6.07) is 12.4. The van der Waals surface area contributed by atoms with E-state index in [0.717, 1.165) is 16.6 Å². The van der Waals surface area contributed by atoms with E-state index >= 15 is 0 Å². The second-order valence-corrected chi connectivity index (χ2v) is 8.94. The Kier molecular flexibility index (Phi) is 5.91. The number of nitrogens with zero attached hydrogens (tertiary/aromatic N) is 6. The summed E-state index contributed by atoms with van der Waals surface area (Å²) in [5, 5.41) is 5.94. The molecule has 0 N–H and O–H groups in total. The van der Waals surface area contributed by atoms with Gasteiger partial charge in [-0.3, -0.25) is 9.78 Å². The fourth-order valence-electron chi connectivity index (χ4n) is 4.46. The van der Waals surface area contributed by atoms with Gasteiger partial charge >= 0.3 is 0 Å². The molecule has 3 aromatic heterocycles. The first-order chi connectivity index (χ1) is 16.4. The number of halogens is 2. The fourth-order valence-corrected chi connectivity index (χ4v) is 4.61. The molecule has 5 rings (SSSR count). The van der Waals surface area contributed by atoms with Crippen LogP contribution in [0.15, 0.2) is 54.9 Å². The Balaban J connectivity index is 1.35. The van der Waals surface area contributed by atoms with E-state index in [-0.39, 0.29) is 24.3 Å². The van der Waals surface area contributed by atoms with Crippen molar-refractivity contribution < 1.29 is 9.18 Å². The SMILES string of the molecule is Cc1cc(N2CCN(C(=O)Cn3nc(-c4ccccn4)c4cccnc43)[C@@H](C)C2)c(F)cc1Cl. The molecule has 0 aliphatic carbocycles. The van der Waals surface area contributed by atoms with Gasteiger partial charge in [0.25, 0.3) is 0 Å². The molecular formula is C25H24ClFN6O. The summed E-state index contributed by atoms with van der Waals surface area (Å²) in [5.41, 5.74) is 3.41. The lowest BCUT2D eigenvalue weighted by molar-refractivity contribution is -0.134. The molecule has 1 aliphatic rings. The summed E-state index contributed by atoms with van der Waals surface area (Å²) < 4.78 is 16.2. The molecule has 0 unspecified atom stereocenters. The topological polar surface area (TPSA) is 67.2 Å². The lowest BCUT2D eigenvalue weighted by atomic mass is 10.1. The summed E-state index contributed by atoms with van der Waals surface area (Å²) in [6.07, 6.45) is 3.41. The van der Waals surface area contributed by atoms with Crippen molar-refractivity contribution in [1.82, 2.24) is 24.6 Å². The first-order valence-corrected chi connectivity index (χ1v) is 11.5. The summed E-state index contributed by atoms with van der Waals surface area (Å²) in [7, 11) is 0. The molecule has 174 valence electrons. The molecular weight excluding hydrogens is 455 g/mol. The molecule has 0 radical (unpaired) electrons. The number of amides is 1. The minimum absolute atomic E-state index is 0.0532. The molecule has 4 aromatic rings. The molecule has 9 heteroatoms. The summed E-state index contributed by atoms with van der Waals surface area (Å²) in [6.45, 7) is 5.45. The minimum Gasteiger partial charge on any atom is -0.365 e. The number of rotatable bonds is 4. The van der Waals surface area contributed by atoms with Crippen LogP contribution in [0.1, 0.15) is 12.5 Å². The van der Waals surface area contributed by atoms with E-state index in [1.165, 1.54) is 6.07 Å². The van der Waals surface area contributed by atoms with Gasteiger partial charge in [-0.2, -0.15) is 5.10 Å². The standard InChI is InChI=1S/C25H24ClFN6O/c1-16-12-22(20(27)13-19(16)26)31-10-11-32(17(2)14-31)23(34)15-33-25-18(6-5-9-29-25)24(30-33)21-7-3-4-8-28-21/h3-9,12-13,17H,10-11,14-15H2,1-2H3/t17-/m0/s1. The summed E-state index contributed by atoms with van der Waals surface area (Å²) >= 11 is 6.05. The molecule has 0 spiro atoms. The Labute approximate surface area is 201 Å². The van der Waals surface area contributed by atoms with Crippen molar-refractivity contribution in [1.29, 1.82) is 0 Å². The second kappa shape index (κ2) is 9.02. The normalized spacial score (nSPS) is 16.3. The molecule has 4 heterocycles. The van der Waals surface area contributed by atoms with Gasteiger partial charge in [-0.15, -0.1) is 0 Å². The van der Waals surface area contributed by atoms with Gasteiger partial charge in [0.05, 0.1) is 11.4 Å². The number of aryl methyl sites for hydroxylation is 1. The van der Waals surface area contributed by atoms with E-state index in [4.69, 9.17) is 11.6 Å². The van der Waals surface area contributed by atoms with Crippen molar-refractivity contribution in [2.24, 2.45) is 0 Å². The number of fused-ring (bicyclic) bond motifs is 1. The van der Waals surface area contributed by atoms with Gasteiger partial charge in [-0.05, 0) is 55.8 Å². The largest absolute Gasteiger partial charge is 0.365 e. The number of pyridine rings is 2. The van der Waals surface area contributed by atoms with Gasteiger partial charge < -0.3 is 9.80 Å². The van der Waals surface area contributed by atoms with Crippen LogP contribution in [0.4, 0.5) is 10.1 Å². The molecule has 34 heavy (non-hydrogen) atoms. The van der Waals surface area contributed by atoms with Crippen LogP contribution in [0, 0.1) is 12.7 Å². The van der Waals surface area contributed by atoms with Crippen LogP contribution in [0.5, 0.6) is 0 Å². The maximum atomic E-state index is 14.5. The fraction of sp³-hybridized carbons (Fsp3) is 0.280. The second-order valence-electron chi connectivity index (χ2n) is 8.53. The predicted octanol–water partition coefficient (Wildman–Crippen LogP) is 4.33. The van der Waals surface area contributed by atoms with Crippen LogP contribution in [0.2, 0.25) is 5.02 Å². The number of piperazine rings is 1. The smallest absolute Gasteiger partial charge is 0.244 e. The molecule has 0 saturated carbocycles. The van der Waals surface area contributed by atoms with Gasteiger partial charge in [0.15, 0.2) is 5.65 Å². The van der Waals surface area contributed by atoms with Gasteiger partial charge in [-0.1, -0.05) is 17.7 Å². The Hall–Kier alpha value is -3.52. The zero-order valence-electron chi connectivity index (χ0n) is 18.9. The zero-order chi connectivity index (χ0) is 23.8. The molecule has 1 aromatic carbocycles. The average molecular weight is 479 g/mol. The van der Waals surface area contributed by atoms with Crippen molar-refractivity contribution in [3.05, 3.63) is 71.3 Å². The number of aromatic nitrogens is 4. The molecule has 1 fully saturated rings. The lowest BCUT2D eigenvalue weighted by Crippen LogP contribution is -2.55. The minimum atomic E-state index is -0.348. The number of benzene rings is 1. The van der Waals surface area contributed by atoms with Crippen molar-refractivity contribution in [3.63, 3.8) is 0 Å². The summed E-state index contributed by atoms with van der Waals surface area (Å²) in [5.74, 6) is -0.402. The zero-order valence-corrected chi connectivity index (χ0v) is 19.7. The van der Waals surface area contributed by atoms with Crippen LogP contribution >= 0.6 is 11.6 Å². The molecule has 1 saturated heterocycles. The van der Waals surface area contributed by atoms with Crippen molar-refractivity contribution in [3.8, 4) is 11.4 Å². The third kappa shape index (κ3) is 4.09. The maximum Gasteiger partial charge on any atom is 0.244 e. The number of anilines is 1. The van der Waals surface area contributed by atoms with Crippen molar-refractivity contribution in [2.75, 3.05) is 24.5 Å². The van der Waals surface area contributed by atoms with E-state index in [2.05, 4.69) is 15.1 Å². The van der Waals surface area contributed by atoms with Gasteiger partial charge in [0.1, 0.15) is 18.1 Å². The number of hydrogen-bond acceptors (Lipinski definition) is 5. The van der Waals surface area contributed by atoms with Crippen LogP contribution in [-0.2, 0) is 11.3 Å². The van der Waals surface area contributed by atoms with Crippen molar-refractivity contribution >= 4 is 34.2 Å². The Morgan fingerprint density at radius 1 is 1.15 bits per heavy atom. The van der Waals surface area contributed by atoms with E-state index < -0.39 is 0 Å². The number of carbonyl (C=O) groups excluding carboxylic acids is 1. The van der Waals surface area contributed by atoms with Crippen LogP contribution in [0.3, 0.4) is 0 Å². The Morgan fingerprint density at radius 3 is 2.74 bits per heavy atom. The third-order valence-corrected chi connectivity index (χ3v) is 6.62. The molecule has 1 aliphatic heterocycles. The van der Waals surface area contributed by atoms with Gasteiger partial charge in [-0.25, -0.2) is 14.1 Å². The predicted molar refractivity (Wildman–Crippen MR) is 130 cm³/mol. The first kappa shape index (κ1) is 22.3. The van der Waals surface area contributed by atoms with E-state index in [1.54, 1.807) is 23.1 Å². The lowest BCUT2D eigenvalue weighted by Gasteiger charge is -2.41. The van der Waals surface area contributed by atoms with E-state index in [9.17, 15) is 9.18 Å². The van der Waals surface area contributed by atoms with Crippen LogP contribution < -0.4 is 4.90 Å². The highest BCUT2D eigenvalue weighted by atomic mass is 35.5. The number of hydrogen-bond donors (Lipinski definition) is 0.